The molecule has 0 heterocycles. The van der Waals surface area contributed by atoms with Gasteiger partial charge in [-0.2, -0.15) is 0 Å². The number of nitrogens with one attached hydrogen (secondary N) is 1. The molecule has 0 amide bonds. The molecule has 0 saturated carbocycles. The summed E-state index contributed by atoms with van der Waals surface area (Å²) in [6, 6.07) is 7.80. The van der Waals surface area contributed by atoms with Crippen LogP contribution in [0.25, 0.3) is 0 Å². The molecule has 1 aromatic rings. The predicted molar refractivity (Wildman–Crippen MR) is 75.5 cm³/mol. The van der Waals surface area contributed by atoms with Gasteiger partial charge in [-0.25, -0.2) is 0 Å². The third-order valence-corrected chi connectivity index (χ3v) is 2.49. The van der Waals surface area contributed by atoms with Crippen molar-refractivity contribution in [3.8, 4) is 11.5 Å². The first kappa shape index (κ1) is 14.8. The van der Waals surface area contributed by atoms with E-state index in [1.165, 1.54) is 0 Å². The molecule has 1 N–H and O–H groups in total. The van der Waals surface area contributed by atoms with Gasteiger partial charge in [-0.3, -0.25) is 0 Å². The van der Waals surface area contributed by atoms with Gasteiger partial charge in [0, 0.05) is 12.6 Å². The van der Waals surface area contributed by atoms with Gasteiger partial charge in [-0.05, 0) is 45.9 Å². The Bertz CT molecular complexity index is 350. The van der Waals surface area contributed by atoms with Gasteiger partial charge in [0.05, 0.1) is 6.61 Å². The Kier molecular flexibility index (Phi) is 5.99. The quantitative estimate of drug-likeness (QED) is 0.719. The van der Waals surface area contributed by atoms with Gasteiger partial charge in [-0.1, -0.05) is 13.0 Å². The summed E-state index contributed by atoms with van der Waals surface area (Å²) in [6.07, 6.45) is 1.13. The van der Waals surface area contributed by atoms with Crippen LogP contribution in [0.2, 0.25) is 0 Å². The van der Waals surface area contributed by atoms with Crippen molar-refractivity contribution in [1.29, 1.82) is 0 Å². The van der Waals surface area contributed by atoms with E-state index in [1.54, 1.807) is 0 Å². The van der Waals surface area contributed by atoms with Crippen LogP contribution in [0, 0.1) is 0 Å². The molecule has 1 aromatic carbocycles. The molecule has 0 aromatic heterocycles. The summed E-state index contributed by atoms with van der Waals surface area (Å²) >= 11 is 0. The van der Waals surface area contributed by atoms with Gasteiger partial charge < -0.3 is 14.8 Å². The molecule has 18 heavy (non-hydrogen) atoms. The second-order valence-electron chi connectivity index (χ2n) is 4.95. The molecule has 0 atom stereocenters. The molecule has 102 valence electrons. The number of benzene rings is 1. The van der Waals surface area contributed by atoms with Crippen molar-refractivity contribution in [3.63, 3.8) is 0 Å². The number of hydrogen-bond donors (Lipinski definition) is 1. The third-order valence-electron chi connectivity index (χ3n) is 2.49. The summed E-state index contributed by atoms with van der Waals surface area (Å²) in [5, 5.41) is 3.38. The zero-order valence-corrected chi connectivity index (χ0v) is 12.0. The van der Waals surface area contributed by atoms with Gasteiger partial charge in [0.25, 0.3) is 0 Å². The van der Waals surface area contributed by atoms with Crippen LogP contribution >= 0.6 is 0 Å². The van der Waals surface area contributed by atoms with Crippen molar-refractivity contribution in [2.24, 2.45) is 0 Å². The minimum Gasteiger partial charge on any atom is -0.494 e. The monoisotopic (exact) mass is 251 g/mol. The molecule has 3 nitrogen and oxygen atoms in total. The Morgan fingerprint density at radius 2 is 1.89 bits per heavy atom. The van der Waals surface area contributed by atoms with Gasteiger partial charge in [0.2, 0.25) is 0 Å². The summed E-state index contributed by atoms with van der Waals surface area (Å²) in [7, 11) is 0. The van der Waals surface area contributed by atoms with Crippen molar-refractivity contribution in [3.05, 3.63) is 24.3 Å². The van der Waals surface area contributed by atoms with E-state index in [1.807, 2.05) is 31.2 Å². The first-order chi connectivity index (χ1) is 8.57. The van der Waals surface area contributed by atoms with E-state index in [4.69, 9.17) is 9.47 Å². The standard InChI is InChI=1S/C15H25NO2/c1-5-10-16-12-15(3,4)18-14-9-7-8-13(11-14)17-6-2/h7-9,11,16H,5-6,10,12H2,1-4H3. The van der Waals surface area contributed by atoms with Crippen LogP contribution in [0.4, 0.5) is 0 Å². The highest BCUT2D eigenvalue weighted by atomic mass is 16.5. The molecule has 0 aliphatic carbocycles. The largest absolute Gasteiger partial charge is 0.494 e. The van der Waals surface area contributed by atoms with E-state index < -0.39 is 0 Å². The van der Waals surface area contributed by atoms with E-state index in [-0.39, 0.29) is 5.60 Å². The van der Waals surface area contributed by atoms with E-state index >= 15 is 0 Å². The molecular weight excluding hydrogens is 226 g/mol. The third kappa shape index (κ3) is 5.41. The number of rotatable bonds is 8. The Morgan fingerprint density at radius 1 is 1.17 bits per heavy atom. The van der Waals surface area contributed by atoms with Gasteiger partial charge in [-0.15, -0.1) is 0 Å². The van der Waals surface area contributed by atoms with Crippen molar-refractivity contribution >= 4 is 0 Å². The average molecular weight is 251 g/mol. The molecule has 0 saturated heterocycles. The van der Waals surface area contributed by atoms with Gasteiger partial charge in [0.1, 0.15) is 17.1 Å². The maximum Gasteiger partial charge on any atom is 0.123 e. The van der Waals surface area contributed by atoms with Crippen molar-refractivity contribution in [2.75, 3.05) is 19.7 Å². The molecule has 0 aliphatic rings. The van der Waals surface area contributed by atoms with Gasteiger partial charge in [0.15, 0.2) is 0 Å². The highest BCUT2D eigenvalue weighted by molar-refractivity contribution is 5.33. The van der Waals surface area contributed by atoms with Crippen LogP contribution in [0.5, 0.6) is 11.5 Å². The van der Waals surface area contributed by atoms with Gasteiger partial charge >= 0.3 is 0 Å². The summed E-state index contributed by atoms with van der Waals surface area (Å²) in [5.74, 6) is 1.71. The van der Waals surface area contributed by atoms with E-state index in [9.17, 15) is 0 Å². The predicted octanol–water partition coefficient (Wildman–Crippen LogP) is 3.24. The molecule has 1 rings (SSSR count). The molecule has 3 heteroatoms. The lowest BCUT2D eigenvalue weighted by atomic mass is 10.1. The second-order valence-corrected chi connectivity index (χ2v) is 4.95. The number of hydrogen-bond acceptors (Lipinski definition) is 3. The lowest BCUT2D eigenvalue weighted by molar-refractivity contribution is 0.108. The Morgan fingerprint density at radius 3 is 2.56 bits per heavy atom. The highest BCUT2D eigenvalue weighted by Gasteiger charge is 2.19. The zero-order chi connectivity index (χ0) is 13.4. The highest BCUT2D eigenvalue weighted by Crippen LogP contribution is 2.23. The molecule has 0 bridgehead atoms. The smallest absolute Gasteiger partial charge is 0.123 e. The van der Waals surface area contributed by atoms with Crippen LogP contribution < -0.4 is 14.8 Å². The van der Waals surface area contributed by atoms with Crippen LogP contribution in [-0.4, -0.2) is 25.3 Å². The van der Waals surface area contributed by atoms with Crippen molar-refractivity contribution < 1.29 is 9.47 Å². The summed E-state index contributed by atoms with van der Waals surface area (Å²) < 4.78 is 11.5. The average Bonchev–Trinajstić information content (AvgIpc) is 2.29. The molecule has 0 spiro atoms. The summed E-state index contributed by atoms with van der Waals surface area (Å²) in [5.41, 5.74) is -0.222. The molecule has 0 aliphatic heterocycles. The molecule has 0 radical (unpaired) electrons. The second kappa shape index (κ2) is 7.27. The fourth-order valence-electron chi connectivity index (χ4n) is 1.72. The fraction of sp³-hybridized carbons (Fsp3) is 0.600. The van der Waals surface area contributed by atoms with Crippen LogP contribution in [0.15, 0.2) is 24.3 Å². The minimum absolute atomic E-state index is 0.222. The normalized spacial score (nSPS) is 11.3. The topological polar surface area (TPSA) is 30.5 Å². The maximum absolute atomic E-state index is 5.99. The van der Waals surface area contributed by atoms with Crippen LogP contribution in [0.1, 0.15) is 34.1 Å². The van der Waals surface area contributed by atoms with Crippen LogP contribution in [0.3, 0.4) is 0 Å². The lowest BCUT2D eigenvalue weighted by Gasteiger charge is -2.27. The summed E-state index contributed by atoms with van der Waals surface area (Å²) in [6.45, 7) is 10.8. The molecular formula is C15H25NO2. The Hall–Kier alpha value is -1.22. The van der Waals surface area contributed by atoms with Crippen molar-refractivity contribution in [2.45, 2.75) is 39.7 Å². The SMILES string of the molecule is CCCNCC(C)(C)Oc1cccc(OCC)c1. The Labute approximate surface area is 110 Å². The maximum atomic E-state index is 5.99. The van der Waals surface area contributed by atoms with E-state index in [0.717, 1.165) is 31.0 Å². The minimum atomic E-state index is -0.222. The Balaban J connectivity index is 2.56. The lowest BCUT2D eigenvalue weighted by Crippen LogP contribution is -2.40. The van der Waals surface area contributed by atoms with Crippen LogP contribution in [-0.2, 0) is 0 Å². The number of ether oxygens (including phenoxy) is 2. The van der Waals surface area contributed by atoms with E-state index in [2.05, 4.69) is 26.1 Å². The zero-order valence-electron chi connectivity index (χ0n) is 12.0. The van der Waals surface area contributed by atoms with E-state index in [0.29, 0.717) is 6.61 Å². The first-order valence-electron chi connectivity index (χ1n) is 6.70. The molecule has 0 unspecified atom stereocenters. The first-order valence-corrected chi connectivity index (χ1v) is 6.70. The fourth-order valence-corrected chi connectivity index (χ4v) is 1.72. The van der Waals surface area contributed by atoms with Crippen molar-refractivity contribution in [1.82, 2.24) is 5.32 Å². The molecule has 0 fully saturated rings. The summed E-state index contributed by atoms with van der Waals surface area (Å²) in [4.78, 5) is 0.